The molecule has 0 atom stereocenters. The van der Waals surface area contributed by atoms with Crippen LogP contribution in [-0.4, -0.2) is 45.1 Å². The van der Waals surface area contributed by atoms with Crippen molar-refractivity contribution in [2.75, 3.05) is 32.4 Å². The van der Waals surface area contributed by atoms with E-state index in [4.69, 9.17) is 9.47 Å². The lowest BCUT2D eigenvalue weighted by atomic mass is 10.3. The summed E-state index contributed by atoms with van der Waals surface area (Å²) in [6.07, 6.45) is 0. The first-order valence-electron chi connectivity index (χ1n) is 5.39. The van der Waals surface area contributed by atoms with Gasteiger partial charge in [-0.2, -0.15) is 4.31 Å². The zero-order valence-corrected chi connectivity index (χ0v) is 11.9. The van der Waals surface area contributed by atoms with Crippen LogP contribution in [0.1, 0.15) is 0 Å². The highest BCUT2D eigenvalue weighted by Crippen LogP contribution is 2.32. The van der Waals surface area contributed by atoms with E-state index in [2.05, 4.69) is 0 Å². The summed E-state index contributed by atoms with van der Waals surface area (Å²) in [4.78, 5) is 0.188. The summed E-state index contributed by atoms with van der Waals surface area (Å²) in [5.41, 5.74) is 0. The van der Waals surface area contributed by atoms with Crippen molar-refractivity contribution in [2.45, 2.75) is 4.90 Å². The van der Waals surface area contributed by atoms with Crippen molar-refractivity contribution in [2.24, 2.45) is 0 Å². The fraction of sp³-hybridized carbons (Fsp3) is 0.455. The minimum Gasteiger partial charge on any atom is -0.497 e. The second kappa shape index (κ2) is 5.38. The van der Waals surface area contributed by atoms with Crippen LogP contribution in [0.2, 0.25) is 0 Å². The van der Waals surface area contributed by atoms with Gasteiger partial charge in [-0.15, -0.1) is 11.8 Å². The second-order valence-corrected chi connectivity index (χ2v) is 6.72. The number of rotatable bonds is 4. The number of ether oxygens (including phenoxy) is 2. The molecule has 0 bridgehead atoms. The van der Waals surface area contributed by atoms with Gasteiger partial charge in [0.15, 0.2) is 0 Å². The predicted molar refractivity (Wildman–Crippen MR) is 70.8 cm³/mol. The van der Waals surface area contributed by atoms with Crippen molar-refractivity contribution >= 4 is 21.8 Å². The number of methoxy groups -OCH3 is 2. The Labute approximate surface area is 111 Å². The van der Waals surface area contributed by atoms with Gasteiger partial charge in [-0.3, -0.25) is 0 Å². The third-order valence-electron chi connectivity index (χ3n) is 2.71. The molecule has 1 saturated heterocycles. The van der Waals surface area contributed by atoms with Gasteiger partial charge in [-0.05, 0) is 12.1 Å². The van der Waals surface area contributed by atoms with Crippen molar-refractivity contribution in [3.8, 4) is 11.5 Å². The Bertz CT molecular complexity index is 524. The molecule has 0 unspecified atom stereocenters. The molecule has 1 aromatic rings. The number of hydrogen-bond acceptors (Lipinski definition) is 5. The molecular weight excluding hydrogens is 274 g/mol. The summed E-state index contributed by atoms with van der Waals surface area (Å²) in [6, 6.07) is 4.73. The minimum absolute atomic E-state index is 0.188. The lowest BCUT2D eigenvalue weighted by molar-refractivity contribution is 0.384. The molecule has 100 valence electrons. The van der Waals surface area contributed by atoms with Gasteiger partial charge in [0.2, 0.25) is 10.0 Å². The summed E-state index contributed by atoms with van der Waals surface area (Å²) in [5, 5.41) is 0. The van der Waals surface area contributed by atoms with E-state index in [0.29, 0.717) is 23.9 Å². The van der Waals surface area contributed by atoms with Gasteiger partial charge in [-0.1, -0.05) is 0 Å². The summed E-state index contributed by atoms with van der Waals surface area (Å²) in [5.74, 6) is 2.21. The number of thioether (sulfide) groups is 1. The molecule has 5 nitrogen and oxygen atoms in total. The van der Waals surface area contributed by atoms with Gasteiger partial charge < -0.3 is 9.47 Å². The van der Waals surface area contributed by atoms with E-state index in [1.807, 2.05) is 0 Å². The summed E-state index contributed by atoms with van der Waals surface area (Å²) < 4.78 is 36.5. The lowest BCUT2D eigenvalue weighted by Gasteiger charge is -2.17. The normalized spacial score (nSPS) is 16.8. The third-order valence-corrected chi connectivity index (χ3v) is 5.72. The van der Waals surface area contributed by atoms with Crippen LogP contribution >= 0.6 is 11.8 Å². The van der Waals surface area contributed by atoms with Crippen LogP contribution in [0.3, 0.4) is 0 Å². The molecule has 18 heavy (non-hydrogen) atoms. The monoisotopic (exact) mass is 289 g/mol. The van der Waals surface area contributed by atoms with Gasteiger partial charge in [-0.25, -0.2) is 8.42 Å². The van der Waals surface area contributed by atoms with Crippen LogP contribution in [0.25, 0.3) is 0 Å². The molecule has 0 amide bonds. The highest BCUT2D eigenvalue weighted by Gasteiger charge is 2.30. The first kappa shape index (κ1) is 13.5. The molecular formula is C11H15NO4S2. The highest BCUT2D eigenvalue weighted by atomic mass is 32.2. The Morgan fingerprint density at radius 1 is 1.28 bits per heavy atom. The zero-order valence-electron chi connectivity index (χ0n) is 10.3. The first-order valence-corrected chi connectivity index (χ1v) is 7.99. The molecule has 7 heteroatoms. The van der Waals surface area contributed by atoms with E-state index in [0.717, 1.165) is 5.75 Å². The minimum atomic E-state index is -3.47. The number of sulfonamides is 1. The lowest BCUT2D eigenvalue weighted by Crippen LogP contribution is -2.28. The molecule has 0 aliphatic carbocycles. The van der Waals surface area contributed by atoms with E-state index < -0.39 is 10.0 Å². The van der Waals surface area contributed by atoms with Crippen molar-refractivity contribution < 1.29 is 17.9 Å². The maximum Gasteiger partial charge on any atom is 0.247 e. The van der Waals surface area contributed by atoms with E-state index in [9.17, 15) is 8.42 Å². The fourth-order valence-electron chi connectivity index (χ4n) is 1.71. The van der Waals surface area contributed by atoms with Crippen LogP contribution < -0.4 is 9.47 Å². The van der Waals surface area contributed by atoms with Gasteiger partial charge in [0.1, 0.15) is 16.4 Å². The van der Waals surface area contributed by atoms with Crippen LogP contribution in [0, 0.1) is 0 Å². The third kappa shape index (κ3) is 2.43. The summed E-state index contributed by atoms with van der Waals surface area (Å²) in [6.45, 7) is 0.544. The first-order chi connectivity index (χ1) is 8.59. The number of nitrogens with zero attached hydrogens (tertiary/aromatic N) is 1. The molecule has 1 heterocycles. The van der Waals surface area contributed by atoms with E-state index >= 15 is 0 Å². The van der Waals surface area contributed by atoms with Crippen LogP contribution in [-0.2, 0) is 10.0 Å². The topological polar surface area (TPSA) is 55.8 Å². The molecule has 1 aliphatic heterocycles. The predicted octanol–water partition coefficient (Wildman–Crippen LogP) is 1.40. The average molecular weight is 289 g/mol. The van der Waals surface area contributed by atoms with Crippen LogP contribution in [0.15, 0.2) is 23.1 Å². The quantitative estimate of drug-likeness (QED) is 0.838. The Hall–Kier alpha value is -0.920. The standard InChI is InChI=1S/C11H15NO4S2/c1-15-9-3-4-11(10(7-9)16-2)18(13,14)12-5-6-17-8-12/h3-4,7H,5-6,8H2,1-2H3. The molecule has 0 aromatic heterocycles. The average Bonchev–Trinajstić information content (AvgIpc) is 2.92. The molecule has 1 fully saturated rings. The van der Waals surface area contributed by atoms with Crippen LogP contribution in [0.4, 0.5) is 0 Å². The number of benzene rings is 1. The molecule has 2 rings (SSSR count). The van der Waals surface area contributed by atoms with Crippen molar-refractivity contribution in [3.63, 3.8) is 0 Å². The Morgan fingerprint density at radius 3 is 2.61 bits per heavy atom. The SMILES string of the molecule is COc1ccc(S(=O)(=O)N2CCSC2)c(OC)c1. The van der Waals surface area contributed by atoms with Gasteiger partial charge in [0.25, 0.3) is 0 Å². The maximum absolute atomic E-state index is 12.4. The van der Waals surface area contributed by atoms with Crippen molar-refractivity contribution in [1.29, 1.82) is 0 Å². The van der Waals surface area contributed by atoms with Crippen LogP contribution in [0.5, 0.6) is 11.5 Å². The van der Waals surface area contributed by atoms with E-state index in [-0.39, 0.29) is 4.90 Å². The number of hydrogen-bond donors (Lipinski definition) is 0. The second-order valence-electron chi connectivity index (χ2n) is 3.73. The van der Waals surface area contributed by atoms with Gasteiger partial charge in [0.05, 0.1) is 20.1 Å². The largest absolute Gasteiger partial charge is 0.497 e. The fourth-order valence-corrected chi connectivity index (χ4v) is 4.67. The van der Waals surface area contributed by atoms with Gasteiger partial charge in [0, 0.05) is 18.4 Å². The highest BCUT2D eigenvalue weighted by molar-refractivity contribution is 8.00. The maximum atomic E-state index is 12.4. The molecule has 1 aliphatic rings. The van der Waals surface area contributed by atoms with Crippen molar-refractivity contribution in [3.05, 3.63) is 18.2 Å². The van der Waals surface area contributed by atoms with Gasteiger partial charge >= 0.3 is 0 Å². The molecule has 0 saturated carbocycles. The summed E-state index contributed by atoms with van der Waals surface area (Å²) in [7, 11) is -0.496. The van der Waals surface area contributed by atoms with E-state index in [1.165, 1.54) is 24.6 Å². The zero-order chi connectivity index (χ0) is 13.2. The van der Waals surface area contributed by atoms with Crippen molar-refractivity contribution in [1.82, 2.24) is 4.31 Å². The summed E-state index contributed by atoms with van der Waals surface area (Å²) >= 11 is 1.61. The Balaban J connectivity index is 2.43. The Kier molecular flexibility index (Phi) is 4.04. The molecule has 0 radical (unpaired) electrons. The smallest absolute Gasteiger partial charge is 0.247 e. The molecule has 0 N–H and O–H groups in total. The molecule has 1 aromatic carbocycles. The van der Waals surface area contributed by atoms with E-state index in [1.54, 1.807) is 23.9 Å². The molecule has 0 spiro atoms. The Morgan fingerprint density at radius 2 is 2.06 bits per heavy atom.